The summed E-state index contributed by atoms with van der Waals surface area (Å²) in [5.41, 5.74) is 1.43. The van der Waals surface area contributed by atoms with E-state index in [0.29, 0.717) is 5.69 Å². The summed E-state index contributed by atoms with van der Waals surface area (Å²) in [6.07, 6.45) is 1.50. The number of halogens is 1. The standard InChI is InChI=1S/C8H10BrNO2/c1-5-4-10(11)6(2)7(9)8(5)12-3/h4H,1-3H3. The van der Waals surface area contributed by atoms with Crippen LogP contribution in [-0.2, 0) is 0 Å². The van der Waals surface area contributed by atoms with Crippen LogP contribution in [0.15, 0.2) is 10.7 Å². The predicted molar refractivity (Wildman–Crippen MR) is 49.1 cm³/mol. The molecular weight excluding hydrogens is 222 g/mol. The molecule has 0 aliphatic rings. The first-order chi connectivity index (χ1) is 5.57. The van der Waals surface area contributed by atoms with Gasteiger partial charge in [0.05, 0.1) is 12.7 Å². The van der Waals surface area contributed by atoms with Crippen molar-refractivity contribution in [3.8, 4) is 5.75 Å². The number of aromatic nitrogens is 1. The lowest BCUT2D eigenvalue weighted by Gasteiger charge is -2.09. The van der Waals surface area contributed by atoms with E-state index in [2.05, 4.69) is 15.9 Å². The number of rotatable bonds is 1. The maximum absolute atomic E-state index is 11.2. The third-order valence-corrected chi connectivity index (χ3v) is 2.65. The zero-order chi connectivity index (χ0) is 9.30. The summed E-state index contributed by atoms with van der Waals surface area (Å²) in [4.78, 5) is 0. The van der Waals surface area contributed by atoms with Gasteiger partial charge in [0.1, 0.15) is 10.2 Å². The molecule has 0 bridgehead atoms. The Morgan fingerprint density at radius 3 is 2.58 bits per heavy atom. The fraction of sp³-hybridized carbons (Fsp3) is 0.375. The van der Waals surface area contributed by atoms with Crippen LogP contribution in [0.25, 0.3) is 0 Å². The molecule has 4 heteroatoms. The number of pyridine rings is 1. The van der Waals surface area contributed by atoms with Gasteiger partial charge in [0.2, 0.25) is 5.69 Å². The van der Waals surface area contributed by atoms with Gasteiger partial charge in [-0.1, -0.05) is 0 Å². The van der Waals surface area contributed by atoms with Gasteiger partial charge >= 0.3 is 0 Å². The molecule has 0 aliphatic carbocycles. The number of nitrogens with zero attached hydrogens (tertiary/aromatic N) is 1. The van der Waals surface area contributed by atoms with E-state index in [9.17, 15) is 5.21 Å². The van der Waals surface area contributed by atoms with E-state index < -0.39 is 0 Å². The van der Waals surface area contributed by atoms with Gasteiger partial charge in [-0.25, -0.2) is 0 Å². The maximum Gasteiger partial charge on any atom is 0.207 e. The van der Waals surface area contributed by atoms with Crippen molar-refractivity contribution in [2.24, 2.45) is 0 Å². The zero-order valence-corrected chi connectivity index (χ0v) is 8.81. The average Bonchev–Trinajstić information content (AvgIpc) is 2.01. The first-order valence-electron chi connectivity index (χ1n) is 3.50. The smallest absolute Gasteiger partial charge is 0.207 e. The zero-order valence-electron chi connectivity index (χ0n) is 7.22. The Morgan fingerprint density at radius 2 is 2.08 bits per heavy atom. The fourth-order valence-corrected chi connectivity index (χ4v) is 1.67. The summed E-state index contributed by atoms with van der Waals surface area (Å²) in [5, 5.41) is 11.2. The van der Waals surface area contributed by atoms with Crippen molar-refractivity contribution in [1.29, 1.82) is 0 Å². The Bertz CT molecular complexity index is 312. The van der Waals surface area contributed by atoms with Crippen LogP contribution in [0, 0.1) is 19.1 Å². The summed E-state index contributed by atoms with van der Waals surface area (Å²) in [6, 6.07) is 0. The molecule has 0 aromatic carbocycles. The molecule has 3 nitrogen and oxygen atoms in total. The summed E-state index contributed by atoms with van der Waals surface area (Å²) in [6.45, 7) is 3.57. The van der Waals surface area contributed by atoms with Crippen molar-refractivity contribution in [2.45, 2.75) is 13.8 Å². The maximum atomic E-state index is 11.2. The molecule has 1 aromatic heterocycles. The second kappa shape index (κ2) is 3.31. The largest absolute Gasteiger partial charge is 0.618 e. The van der Waals surface area contributed by atoms with Crippen LogP contribution in [0.2, 0.25) is 0 Å². The van der Waals surface area contributed by atoms with Gasteiger partial charge < -0.3 is 9.94 Å². The summed E-state index contributed by atoms with van der Waals surface area (Å²) >= 11 is 3.30. The second-order valence-electron chi connectivity index (χ2n) is 2.57. The topological polar surface area (TPSA) is 36.2 Å². The third-order valence-electron chi connectivity index (χ3n) is 1.72. The molecule has 0 fully saturated rings. The van der Waals surface area contributed by atoms with E-state index in [1.807, 2.05) is 6.92 Å². The number of methoxy groups -OCH3 is 1. The molecule has 0 saturated heterocycles. The molecule has 0 spiro atoms. The van der Waals surface area contributed by atoms with Gasteiger partial charge in [0.15, 0.2) is 6.20 Å². The minimum Gasteiger partial charge on any atom is -0.618 e. The predicted octanol–water partition coefficient (Wildman–Crippen LogP) is 1.71. The molecule has 66 valence electrons. The fourth-order valence-electron chi connectivity index (χ4n) is 1.02. The lowest BCUT2D eigenvalue weighted by molar-refractivity contribution is -0.613. The molecule has 0 unspecified atom stereocenters. The molecule has 0 N–H and O–H groups in total. The van der Waals surface area contributed by atoms with Crippen molar-refractivity contribution in [2.75, 3.05) is 7.11 Å². The molecule has 12 heavy (non-hydrogen) atoms. The van der Waals surface area contributed by atoms with Crippen LogP contribution in [0.3, 0.4) is 0 Å². The van der Waals surface area contributed by atoms with Crippen LogP contribution in [0.4, 0.5) is 0 Å². The number of ether oxygens (including phenoxy) is 1. The minimum atomic E-state index is 0.609. The summed E-state index contributed by atoms with van der Waals surface area (Å²) in [7, 11) is 1.58. The van der Waals surface area contributed by atoms with E-state index in [-0.39, 0.29) is 0 Å². The lowest BCUT2D eigenvalue weighted by atomic mass is 10.2. The Kier molecular flexibility index (Phi) is 2.57. The van der Waals surface area contributed by atoms with Gasteiger partial charge in [-0.2, -0.15) is 4.73 Å². The van der Waals surface area contributed by atoms with Crippen molar-refractivity contribution in [3.63, 3.8) is 0 Å². The van der Waals surface area contributed by atoms with Crippen LogP contribution in [0.1, 0.15) is 11.3 Å². The first kappa shape index (κ1) is 9.32. The molecular formula is C8H10BrNO2. The quantitative estimate of drug-likeness (QED) is 0.545. The number of hydrogen-bond donors (Lipinski definition) is 0. The lowest BCUT2D eigenvalue weighted by Crippen LogP contribution is -2.30. The van der Waals surface area contributed by atoms with Crippen LogP contribution in [0.5, 0.6) is 5.75 Å². The highest BCUT2D eigenvalue weighted by molar-refractivity contribution is 9.10. The normalized spacial score (nSPS) is 10.0. The Labute approximate surface area is 79.7 Å². The van der Waals surface area contributed by atoms with E-state index in [1.54, 1.807) is 14.0 Å². The van der Waals surface area contributed by atoms with E-state index in [0.717, 1.165) is 20.5 Å². The monoisotopic (exact) mass is 231 g/mol. The van der Waals surface area contributed by atoms with Crippen molar-refractivity contribution in [1.82, 2.24) is 0 Å². The molecule has 0 atom stereocenters. The Hall–Kier alpha value is -0.770. The second-order valence-corrected chi connectivity index (χ2v) is 3.36. The SMILES string of the molecule is COc1c(C)c[n+]([O-])c(C)c1Br. The molecule has 0 amide bonds. The van der Waals surface area contributed by atoms with Gasteiger partial charge in [0.25, 0.3) is 0 Å². The highest BCUT2D eigenvalue weighted by Crippen LogP contribution is 2.28. The number of aryl methyl sites for hydroxylation is 1. The molecule has 0 radical (unpaired) electrons. The van der Waals surface area contributed by atoms with Crippen molar-refractivity contribution >= 4 is 15.9 Å². The van der Waals surface area contributed by atoms with Gasteiger partial charge in [-0.05, 0) is 22.9 Å². The van der Waals surface area contributed by atoms with Gasteiger partial charge in [-0.3, -0.25) is 0 Å². The van der Waals surface area contributed by atoms with E-state index >= 15 is 0 Å². The Morgan fingerprint density at radius 1 is 1.50 bits per heavy atom. The molecule has 1 heterocycles. The van der Waals surface area contributed by atoms with Crippen molar-refractivity contribution < 1.29 is 9.47 Å². The molecule has 1 aromatic rings. The summed E-state index contributed by atoms with van der Waals surface area (Å²) in [5.74, 6) is 0.722. The molecule has 0 aliphatic heterocycles. The number of hydrogen-bond acceptors (Lipinski definition) is 2. The van der Waals surface area contributed by atoms with Crippen LogP contribution in [-0.4, -0.2) is 7.11 Å². The van der Waals surface area contributed by atoms with E-state index in [1.165, 1.54) is 6.20 Å². The molecule has 1 rings (SSSR count). The average molecular weight is 232 g/mol. The van der Waals surface area contributed by atoms with Crippen LogP contribution >= 0.6 is 15.9 Å². The third kappa shape index (κ3) is 1.39. The summed E-state index contributed by atoms with van der Waals surface area (Å²) < 4.78 is 6.66. The van der Waals surface area contributed by atoms with Crippen molar-refractivity contribution in [3.05, 3.63) is 27.1 Å². The minimum absolute atomic E-state index is 0.609. The van der Waals surface area contributed by atoms with Crippen LogP contribution < -0.4 is 9.47 Å². The van der Waals surface area contributed by atoms with Gasteiger partial charge in [0, 0.05) is 6.92 Å². The van der Waals surface area contributed by atoms with E-state index in [4.69, 9.17) is 4.74 Å². The first-order valence-corrected chi connectivity index (χ1v) is 4.30. The Balaban J connectivity index is 3.40. The highest BCUT2D eigenvalue weighted by Gasteiger charge is 2.14. The molecule has 0 saturated carbocycles. The van der Waals surface area contributed by atoms with Gasteiger partial charge in [-0.15, -0.1) is 0 Å². The highest BCUT2D eigenvalue weighted by atomic mass is 79.9.